The summed E-state index contributed by atoms with van der Waals surface area (Å²) in [6.45, 7) is 1.66. The van der Waals surface area contributed by atoms with E-state index in [-0.39, 0.29) is 30.5 Å². The summed E-state index contributed by atoms with van der Waals surface area (Å²) >= 11 is 0. The topological polar surface area (TPSA) is 110 Å². The number of aromatic nitrogens is 1. The number of carbonyl (C=O) groups is 3. The van der Waals surface area contributed by atoms with Crippen LogP contribution in [0.5, 0.6) is 11.5 Å². The second kappa shape index (κ2) is 8.70. The van der Waals surface area contributed by atoms with Gasteiger partial charge in [0, 0.05) is 36.8 Å². The van der Waals surface area contributed by atoms with E-state index in [9.17, 15) is 14.4 Å². The first kappa shape index (κ1) is 21.2. The number of ether oxygens (including phenoxy) is 2. The molecule has 1 aromatic heterocycles. The van der Waals surface area contributed by atoms with Crippen molar-refractivity contribution >= 4 is 34.7 Å². The monoisotopic (exact) mass is 456 g/mol. The fourth-order valence-electron chi connectivity index (χ4n) is 3.82. The van der Waals surface area contributed by atoms with Crippen molar-refractivity contribution in [2.75, 3.05) is 17.4 Å². The van der Waals surface area contributed by atoms with Crippen LogP contribution in [0.2, 0.25) is 0 Å². The van der Waals surface area contributed by atoms with Crippen molar-refractivity contribution in [1.29, 1.82) is 0 Å². The minimum atomic E-state index is -0.444. The van der Waals surface area contributed by atoms with E-state index >= 15 is 0 Å². The number of benzene rings is 2. The Morgan fingerprint density at radius 3 is 2.38 bits per heavy atom. The molecule has 2 N–H and O–H groups in total. The Morgan fingerprint density at radius 1 is 0.941 bits per heavy atom. The lowest BCUT2D eigenvalue weighted by Crippen LogP contribution is -2.32. The number of carbonyl (C=O) groups excluding carboxylic acids is 3. The zero-order valence-corrected chi connectivity index (χ0v) is 18.2. The van der Waals surface area contributed by atoms with Crippen LogP contribution in [0.4, 0.5) is 11.4 Å². The highest BCUT2D eigenvalue weighted by atomic mass is 16.7. The SMILES string of the molecule is CC(=O)Nc1ccc(C2=C(Nc3ccc4c(c3)OCO4)C(=O)N(Cc3ccncc3)C2=O)cc1. The minimum Gasteiger partial charge on any atom is -0.454 e. The fourth-order valence-corrected chi connectivity index (χ4v) is 3.82. The lowest BCUT2D eigenvalue weighted by Gasteiger charge is -2.15. The highest BCUT2D eigenvalue weighted by Crippen LogP contribution is 2.37. The van der Waals surface area contributed by atoms with Gasteiger partial charge in [-0.2, -0.15) is 0 Å². The van der Waals surface area contributed by atoms with Crippen LogP contribution in [0.25, 0.3) is 5.57 Å². The van der Waals surface area contributed by atoms with Crippen LogP contribution in [-0.4, -0.2) is 34.4 Å². The van der Waals surface area contributed by atoms with Gasteiger partial charge in [0.1, 0.15) is 5.70 Å². The first-order chi connectivity index (χ1) is 16.5. The van der Waals surface area contributed by atoms with Crippen molar-refractivity contribution in [2.45, 2.75) is 13.5 Å². The van der Waals surface area contributed by atoms with E-state index in [4.69, 9.17) is 9.47 Å². The molecule has 170 valence electrons. The van der Waals surface area contributed by atoms with Crippen molar-refractivity contribution in [3.8, 4) is 11.5 Å². The molecule has 0 bridgehead atoms. The largest absolute Gasteiger partial charge is 0.454 e. The van der Waals surface area contributed by atoms with Crippen LogP contribution < -0.4 is 20.1 Å². The summed E-state index contributed by atoms with van der Waals surface area (Å²) in [6.07, 6.45) is 3.22. The van der Waals surface area contributed by atoms with E-state index in [0.717, 1.165) is 5.56 Å². The van der Waals surface area contributed by atoms with Gasteiger partial charge in [0.2, 0.25) is 12.7 Å². The van der Waals surface area contributed by atoms with Gasteiger partial charge in [0.25, 0.3) is 11.8 Å². The molecule has 34 heavy (non-hydrogen) atoms. The Kier molecular flexibility index (Phi) is 5.43. The quantitative estimate of drug-likeness (QED) is 0.548. The fraction of sp³-hybridized carbons (Fsp3) is 0.120. The highest BCUT2D eigenvalue weighted by molar-refractivity contribution is 6.36. The zero-order valence-electron chi connectivity index (χ0n) is 18.2. The second-order valence-electron chi connectivity index (χ2n) is 7.75. The molecule has 0 spiro atoms. The van der Waals surface area contributed by atoms with Gasteiger partial charge in [-0.05, 0) is 47.5 Å². The van der Waals surface area contributed by atoms with Gasteiger partial charge in [0.15, 0.2) is 11.5 Å². The third-order valence-corrected chi connectivity index (χ3v) is 5.39. The lowest BCUT2D eigenvalue weighted by atomic mass is 10.0. The van der Waals surface area contributed by atoms with Crippen LogP contribution in [-0.2, 0) is 20.9 Å². The number of hydrogen-bond donors (Lipinski definition) is 2. The van der Waals surface area contributed by atoms with E-state index in [1.54, 1.807) is 67.0 Å². The Balaban J connectivity index is 1.51. The number of fused-ring (bicyclic) bond motifs is 1. The van der Waals surface area contributed by atoms with Gasteiger partial charge in [-0.25, -0.2) is 0 Å². The molecule has 0 saturated carbocycles. The smallest absolute Gasteiger partial charge is 0.278 e. The van der Waals surface area contributed by atoms with Crippen molar-refractivity contribution in [3.05, 3.63) is 83.8 Å². The maximum atomic E-state index is 13.4. The Morgan fingerprint density at radius 2 is 1.65 bits per heavy atom. The van der Waals surface area contributed by atoms with Gasteiger partial charge in [-0.15, -0.1) is 0 Å². The third kappa shape index (κ3) is 4.06. The lowest BCUT2D eigenvalue weighted by molar-refractivity contribution is -0.137. The van der Waals surface area contributed by atoms with Crippen LogP contribution in [0, 0.1) is 0 Å². The molecule has 3 aromatic rings. The van der Waals surface area contributed by atoms with Gasteiger partial charge >= 0.3 is 0 Å². The van der Waals surface area contributed by atoms with Crippen molar-refractivity contribution < 1.29 is 23.9 Å². The van der Waals surface area contributed by atoms with E-state index in [1.165, 1.54) is 11.8 Å². The highest BCUT2D eigenvalue weighted by Gasteiger charge is 2.39. The molecule has 3 heterocycles. The molecular weight excluding hydrogens is 436 g/mol. The Hall–Kier alpha value is -4.66. The first-order valence-corrected chi connectivity index (χ1v) is 10.5. The number of pyridine rings is 1. The van der Waals surface area contributed by atoms with Crippen molar-refractivity contribution in [2.24, 2.45) is 0 Å². The predicted octanol–water partition coefficient (Wildman–Crippen LogP) is 3.16. The second-order valence-corrected chi connectivity index (χ2v) is 7.75. The van der Waals surface area contributed by atoms with E-state index in [0.29, 0.717) is 28.4 Å². The molecule has 0 unspecified atom stereocenters. The van der Waals surface area contributed by atoms with Crippen LogP contribution in [0.1, 0.15) is 18.1 Å². The number of nitrogens with one attached hydrogen (secondary N) is 2. The summed E-state index contributed by atoms with van der Waals surface area (Å²) in [5, 5.41) is 5.81. The normalized spacial score (nSPS) is 14.6. The standard InChI is InChI=1S/C25H20N4O5/c1-15(30)27-18-4-2-17(3-5-18)22-23(28-19-6-7-20-21(12-19)34-14-33-20)25(32)29(24(22)31)13-16-8-10-26-11-9-16/h2-12,28H,13-14H2,1H3,(H,27,30). The number of nitrogens with zero attached hydrogens (tertiary/aromatic N) is 2. The molecule has 3 amide bonds. The molecule has 9 nitrogen and oxygen atoms in total. The molecule has 2 aliphatic rings. The summed E-state index contributed by atoms with van der Waals surface area (Å²) in [7, 11) is 0. The van der Waals surface area contributed by atoms with E-state index in [2.05, 4.69) is 15.6 Å². The van der Waals surface area contributed by atoms with Crippen LogP contribution >= 0.6 is 0 Å². The number of hydrogen-bond acceptors (Lipinski definition) is 7. The average molecular weight is 456 g/mol. The number of anilines is 2. The molecule has 0 fully saturated rings. The molecular formula is C25H20N4O5. The van der Waals surface area contributed by atoms with Crippen molar-refractivity contribution in [3.63, 3.8) is 0 Å². The maximum absolute atomic E-state index is 13.4. The molecule has 0 atom stereocenters. The summed E-state index contributed by atoms with van der Waals surface area (Å²) in [5.41, 5.74) is 2.90. The van der Waals surface area contributed by atoms with Gasteiger partial charge in [0.05, 0.1) is 12.1 Å². The molecule has 0 aliphatic carbocycles. The summed E-state index contributed by atoms with van der Waals surface area (Å²) in [6, 6.07) is 15.5. The number of amides is 3. The predicted molar refractivity (Wildman–Crippen MR) is 124 cm³/mol. The summed E-state index contributed by atoms with van der Waals surface area (Å²) in [5.74, 6) is 0.101. The van der Waals surface area contributed by atoms with Crippen molar-refractivity contribution in [1.82, 2.24) is 9.88 Å². The summed E-state index contributed by atoms with van der Waals surface area (Å²) in [4.78, 5) is 43.4. The number of rotatable bonds is 6. The first-order valence-electron chi connectivity index (χ1n) is 10.5. The Bertz CT molecular complexity index is 1320. The van der Waals surface area contributed by atoms with Crippen LogP contribution in [0.15, 0.2) is 72.7 Å². The average Bonchev–Trinajstić information content (AvgIpc) is 3.38. The van der Waals surface area contributed by atoms with Gasteiger partial charge < -0.3 is 20.1 Å². The summed E-state index contributed by atoms with van der Waals surface area (Å²) < 4.78 is 10.8. The van der Waals surface area contributed by atoms with Gasteiger partial charge in [-0.3, -0.25) is 24.3 Å². The molecule has 0 radical (unpaired) electrons. The molecule has 2 aromatic carbocycles. The molecule has 0 saturated heterocycles. The van der Waals surface area contributed by atoms with E-state index in [1.807, 2.05) is 0 Å². The Labute approximate surface area is 195 Å². The minimum absolute atomic E-state index is 0.111. The molecule has 2 aliphatic heterocycles. The van der Waals surface area contributed by atoms with Crippen LogP contribution in [0.3, 0.4) is 0 Å². The number of imide groups is 1. The maximum Gasteiger partial charge on any atom is 0.278 e. The third-order valence-electron chi connectivity index (χ3n) is 5.39. The molecule has 9 heteroatoms. The van der Waals surface area contributed by atoms with E-state index < -0.39 is 11.8 Å². The van der Waals surface area contributed by atoms with Gasteiger partial charge in [-0.1, -0.05) is 12.1 Å². The molecule has 5 rings (SSSR count). The zero-order chi connectivity index (χ0) is 23.7.